The summed E-state index contributed by atoms with van der Waals surface area (Å²) in [5.41, 5.74) is -0.740. The Hall–Kier alpha value is -5.21. The van der Waals surface area contributed by atoms with Crippen LogP contribution in [-0.2, 0) is 19.2 Å². The number of aromatic nitrogens is 3. The number of urea groups is 1. The number of hydrogen-bond donors (Lipinski definition) is 4. The lowest BCUT2D eigenvalue weighted by Gasteiger charge is -2.36. The van der Waals surface area contributed by atoms with E-state index in [2.05, 4.69) is 26.4 Å². The quantitative estimate of drug-likeness (QED) is 0.191. The van der Waals surface area contributed by atoms with Gasteiger partial charge >= 0.3 is 6.03 Å². The normalized spacial score (nSPS) is 18.5. The molecule has 15 heteroatoms. The molecule has 1 aliphatic heterocycles. The number of methoxy groups -OCH3 is 1. The number of hydrogen-bond acceptors (Lipinski definition) is 9. The Bertz CT molecular complexity index is 1830. The molecule has 4 N–H and O–H groups in total. The van der Waals surface area contributed by atoms with Gasteiger partial charge in [-0.25, -0.2) is 14.5 Å². The van der Waals surface area contributed by atoms with E-state index < -0.39 is 64.7 Å². The molecular weight excluding hydrogens is 680 g/mol. The molecule has 2 fully saturated rings. The van der Waals surface area contributed by atoms with Crippen molar-refractivity contribution in [1.29, 1.82) is 0 Å². The van der Waals surface area contributed by atoms with Gasteiger partial charge in [0.15, 0.2) is 5.82 Å². The lowest BCUT2D eigenvalue weighted by molar-refractivity contribution is -0.144. The van der Waals surface area contributed by atoms with Crippen LogP contribution < -0.4 is 30.7 Å². The fourth-order valence-corrected chi connectivity index (χ4v) is 6.25. The lowest BCUT2D eigenvalue weighted by Crippen LogP contribution is -2.61. The van der Waals surface area contributed by atoms with Crippen LogP contribution in [-0.4, -0.2) is 98.7 Å². The van der Waals surface area contributed by atoms with Gasteiger partial charge in [-0.15, -0.1) is 0 Å². The Kier molecular flexibility index (Phi) is 11.6. The topological polar surface area (TPSA) is 186 Å². The highest BCUT2D eigenvalue weighted by Crippen LogP contribution is 2.34. The number of carbonyl (C=O) groups excluding carboxylic acids is 5. The first kappa shape index (κ1) is 39.0. The van der Waals surface area contributed by atoms with Crippen molar-refractivity contribution in [2.45, 2.75) is 116 Å². The van der Waals surface area contributed by atoms with Gasteiger partial charge in [0, 0.05) is 47.9 Å². The average Bonchev–Trinajstić information content (AvgIpc) is 3.53. The maximum Gasteiger partial charge on any atom is 0.315 e. The van der Waals surface area contributed by atoms with Crippen molar-refractivity contribution < 1.29 is 33.4 Å². The van der Waals surface area contributed by atoms with E-state index in [-0.39, 0.29) is 25.4 Å². The number of ether oxygens (including phenoxy) is 2. The number of rotatable bonds is 13. The van der Waals surface area contributed by atoms with Crippen LogP contribution in [0.15, 0.2) is 42.7 Å². The minimum atomic E-state index is -1.08. The van der Waals surface area contributed by atoms with Gasteiger partial charge in [-0.1, -0.05) is 34.1 Å². The number of nitrogens with one attached hydrogen (secondary N) is 4. The highest BCUT2D eigenvalue weighted by atomic mass is 16.5. The van der Waals surface area contributed by atoms with Gasteiger partial charge in [0.1, 0.15) is 29.7 Å². The van der Waals surface area contributed by atoms with E-state index in [1.165, 1.54) is 4.90 Å². The van der Waals surface area contributed by atoms with E-state index in [0.717, 1.165) is 12.8 Å². The molecule has 15 nitrogen and oxygen atoms in total. The molecule has 5 rings (SSSR count). The Morgan fingerprint density at radius 2 is 1.75 bits per heavy atom. The minimum Gasteiger partial charge on any atom is -0.497 e. The molecule has 1 saturated carbocycles. The summed E-state index contributed by atoms with van der Waals surface area (Å²) in [7, 11) is 1.57. The van der Waals surface area contributed by atoms with Crippen LogP contribution in [0.3, 0.4) is 0 Å². The number of amides is 5. The van der Waals surface area contributed by atoms with Crippen molar-refractivity contribution in [2.24, 2.45) is 5.41 Å². The first-order valence-corrected chi connectivity index (χ1v) is 18.2. The number of fused-ring (bicyclic) bond motifs is 1. The predicted molar refractivity (Wildman–Crippen MR) is 198 cm³/mol. The molecule has 1 aliphatic carbocycles. The molecule has 0 bridgehead atoms. The molecule has 53 heavy (non-hydrogen) atoms. The van der Waals surface area contributed by atoms with Gasteiger partial charge in [0.2, 0.25) is 17.6 Å². The molecule has 3 heterocycles. The number of carbonyl (C=O) groups is 5. The van der Waals surface area contributed by atoms with Gasteiger partial charge < -0.3 is 35.6 Å². The molecule has 1 saturated heterocycles. The SMILES string of the molecule is CCCC(NC(=O)[C@@H]1C[C@@H](Oc2cc(-n3cccn3)nc3cc(OC)ccc23)CN1C(=O)C(NC(=O)NC(C)(C)C)C(C)(C)C)C(=O)C(=O)NC1CC1. The Morgan fingerprint density at radius 3 is 2.36 bits per heavy atom. The van der Waals surface area contributed by atoms with Crippen LogP contribution in [0.4, 0.5) is 4.79 Å². The zero-order valence-corrected chi connectivity index (χ0v) is 31.8. The lowest BCUT2D eigenvalue weighted by atomic mass is 9.85. The molecule has 4 atom stereocenters. The maximum absolute atomic E-state index is 14.6. The highest BCUT2D eigenvalue weighted by molar-refractivity contribution is 6.38. The third-order valence-corrected chi connectivity index (χ3v) is 9.07. The third-order valence-electron chi connectivity index (χ3n) is 9.07. The monoisotopic (exact) mass is 732 g/mol. The second-order valence-electron chi connectivity index (χ2n) is 15.9. The molecule has 0 radical (unpaired) electrons. The number of benzene rings is 1. The summed E-state index contributed by atoms with van der Waals surface area (Å²) in [6.07, 6.45) is 5.17. The predicted octanol–water partition coefficient (Wildman–Crippen LogP) is 3.42. The largest absolute Gasteiger partial charge is 0.497 e. The van der Waals surface area contributed by atoms with Gasteiger partial charge in [-0.05, 0) is 63.6 Å². The highest BCUT2D eigenvalue weighted by Gasteiger charge is 2.47. The van der Waals surface area contributed by atoms with Crippen molar-refractivity contribution >= 4 is 40.4 Å². The van der Waals surface area contributed by atoms with E-state index in [9.17, 15) is 24.0 Å². The second-order valence-corrected chi connectivity index (χ2v) is 15.9. The van der Waals surface area contributed by atoms with E-state index in [4.69, 9.17) is 14.5 Å². The van der Waals surface area contributed by atoms with Crippen molar-refractivity contribution in [3.05, 3.63) is 42.7 Å². The summed E-state index contributed by atoms with van der Waals surface area (Å²) in [5, 5.41) is 16.2. The fraction of sp³-hybridized carbons (Fsp3) is 0.553. The summed E-state index contributed by atoms with van der Waals surface area (Å²) in [6, 6.07) is 5.17. The summed E-state index contributed by atoms with van der Waals surface area (Å²) >= 11 is 0. The molecule has 2 aromatic heterocycles. The number of nitrogens with zero attached hydrogens (tertiary/aromatic N) is 4. The van der Waals surface area contributed by atoms with Crippen molar-refractivity contribution in [3.63, 3.8) is 0 Å². The first-order chi connectivity index (χ1) is 25.0. The molecule has 2 aliphatic rings. The number of Topliss-reactive ketones (excluding diaryl/α,β-unsaturated/α-hetero) is 1. The molecular formula is C38H52N8O7. The van der Waals surface area contributed by atoms with Crippen LogP contribution in [0, 0.1) is 5.41 Å². The van der Waals surface area contributed by atoms with Gasteiger partial charge in [-0.3, -0.25) is 19.2 Å². The number of pyridine rings is 1. The summed E-state index contributed by atoms with van der Waals surface area (Å²) in [6.45, 7) is 12.8. The molecule has 3 aromatic rings. The minimum absolute atomic E-state index is 0.00228. The summed E-state index contributed by atoms with van der Waals surface area (Å²) < 4.78 is 13.7. The Labute approximate surface area is 309 Å². The fourth-order valence-electron chi connectivity index (χ4n) is 6.25. The van der Waals surface area contributed by atoms with E-state index in [1.807, 2.05) is 54.5 Å². The van der Waals surface area contributed by atoms with Crippen molar-refractivity contribution in [2.75, 3.05) is 13.7 Å². The maximum atomic E-state index is 14.6. The van der Waals surface area contributed by atoms with Crippen LogP contribution in [0.1, 0.15) is 80.6 Å². The Balaban J connectivity index is 1.48. The van der Waals surface area contributed by atoms with Gasteiger partial charge in [0.05, 0.1) is 25.2 Å². The summed E-state index contributed by atoms with van der Waals surface area (Å²) in [4.78, 5) is 74.0. The van der Waals surface area contributed by atoms with Gasteiger partial charge in [-0.2, -0.15) is 5.10 Å². The second kappa shape index (κ2) is 15.8. The summed E-state index contributed by atoms with van der Waals surface area (Å²) in [5.74, 6) is -1.01. The molecule has 5 amide bonds. The van der Waals surface area contributed by atoms with Crippen molar-refractivity contribution in [3.8, 4) is 17.3 Å². The molecule has 0 spiro atoms. The van der Waals surface area contributed by atoms with Crippen LogP contribution in [0.5, 0.6) is 11.5 Å². The van der Waals surface area contributed by atoms with Crippen LogP contribution in [0.25, 0.3) is 16.7 Å². The molecule has 1 aromatic carbocycles. The first-order valence-electron chi connectivity index (χ1n) is 18.2. The zero-order chi connectivity index (χ0) is 38.7. The third kappa shape index (κ3) is 9.82. The molecule has 2 unspecified atom stereocenters. The zero-order valence-electron chi connectivity index (χ0n) is 31.8. The van der Waals surface area contributed by atoms with Crippen molar-refractivity contribution in [1.82, 2.24) is 40.9 Å². The Morgan fingerprint density at radius 1 is 1.02 bits per heavy atom. The van der Waals surface area contributed by atoms with Crippen LogP contribution >= 0.6 is 0 Å². The standard InChI is InChI=1S/C38H52N8O7/c1-9-11-26(31(47)34(49)40-22-12-13-22)42-33(48)28-19-24(21-45(28)35(50)32(37(2,3)4)43-36(51)44-38(5,6)7)53-29-20-30(46-17-10-16-39-46)41-27-18-23(52-8)14-15-25(27)29/h10,14-18,20,22,24,26,28,32H,9,11-13,19,21H2,1-8H3,(H,40,49)(H,42,48)(H2,43,44,51)/t24-,26?,28+,32?/m1/s1. The van der Waals surface area contributed by atoms with E-state index >= 15 is 0 Å². The number of likely N-dealkylation sites (tertiary alicyclic amines) is 1. The van der Waals surface area contributed by atoms with Gasteiger partial charge in [0.25, 0.3) is 5.91 Å². The van der Waals surface area contributed by atoms with E-state index in [1.54, 1.807) is 48.5 Å². The molecule has 286 valence electrons. The smallest absolute Gasteiger partial charge is 0.315 e. The average molecular weight is 733 g/mol. The number of ketones is 1. The van der Waals surface area contributed by atoms with E-state index in [0.29, 0.717) is 34.6 Å². The van der Waals surface area contributed by atoms with Crippen LogP contribution in [0.2, 0.25) is 0 Å².